The van der Waals surface area contributed by atoms with Crippen LogP contribution in [0.5, 0.6) is 0 Å². The normalized spacial score (nSPS) is 11.6. The van der Waals surface area contributed by atoms with Crippen LogP contribution < -0.4 is 5.32 Å². The van der Waals surface area contributed by atoms with E-state index >= 15 is 0 Å². The summed E-state index contributed by atoms with van der Waals surface area (Å²) < 4.78 is 0. The molecule has 1 aromatic rings. The number of nitrogens with one attached hydrogen (secondary N) is 1. The Balaban J connectivity index is 2.72. The molecule has 1 N–H and O–H groups in total. The Morgan fingerprint density at radius 3 is 2.94 bits per heavy atom. The van der Waals surface area contributed by atoms with E-state index in [2.05, 4.69) is 5.32 Å². The molecule has 0 spiro atoms. The minimum atomic E-state index is -0.154. The predicted molar refractivity (Wildman–Crippen MR) is 68.0 cm³/mol. The van der Waals surface area contributed by atoms with Gasteiger partial charge in [-0.15, -0.1) is 11.6 Å². The number of nitriles is 1. The second kappa shape index (κ2) is 6.93. The summed E-state index contributed by atoms with van der Waals surface area (Å²) in [5, 5.41) is 11.7. The number of hydrogen-bond acceptors (Lipinski definition) is 2. The van der Waals surface area contributed by atoms with Gasteiger partial charge in [-0.1, -0.05) is 13.0 Å². The molecule has 0 aliphatic rings. The summed E-state index contributed by atoms with van der Waals surface area (Å²) in [7, 11) is 0. The number of nitrogens with zero attached hydrogens (tertiary/aromatic N) is 1. The third-order valence-electron chi connectivity index (χ3n) is 2.54. The average molecular weight is 251 g/mol. The van der Waals surface area contributed by atoms with Crippen molar-refractivity contribution in [2.24, 2.45) is 0 Å². The van der Waals surface area contributed by atoms with Crippen LogP contribution in [0.25, 0.3) is 0 Å². The zero-order valence-electron chi connectivity index (χ0n) is 9.74. The zero-order chi connectivity index (χ0) is 12.7. The number of halogens is 1. The van der Waals surface area contributed by atoms with Gasteiger partial charge in [0.15, 0.2) is 0 Å². The summed E-state index contributed by atoms with van der Waals surface area (Å²) in [4.78, 5) is 11.9. The second-order valence-corrected chi connectivity index (χ2v) is 4.13. The topological polar surface area (TPSA) is 52.9 Å². The highest BCUT2D eigenvalue weighted by Crippen LogP contribution is 2.06. The number of rotatable bonds is 5. The van der Waals surface area contributed by atoms with Crippen molar-refractivity contribution in [1.29, 1.82) is 5.26 Å². The van der Waals surface area contributed by atoms with Crippen LogP contribution in [0.4, 0.5) is 0 Å². The molecule has 0 heterocycles. The van der Waals surface area contributed by atoms with Crippen LogP contribution >= 0.6 is 11.6 Å². The quantitative estimate of drug-likeness (QED) is 0.817. The Morgan fingerprint density at radius 1 is 1.59 bits per heavy atom. The van der Waals surface area contributed by atoms with E-state index < -0.39 is 0 Å². The van der Waals surface area contributed by atoms with E-state index in [9.17, 15) is 4.79 Å². The third-order valence-corrected chi connectivity index (χ3v) is 2.76. The van der Waals surface area contributed by atoms with Crippen molar-refractivity contribution in [3.05, 3.63) is 35.4 Å². The maximum atomic E-state index is 11.9. The summed E-state index contributed by atoms with van der Waals surface area (Å²) in [5.74, 6) is 0.371. The molecule has 0 fully saturated rings. The Labute approximate surface area is 106 Å². The van der Waals surface area contributed by atoms with Gasteiger partial charge >= 0.3 is 0 Å². The number of hydrogen-bond donors (Lipinski definition) is 1. The number of alkyl halides is 1. The van der Waals surface area contributed by atoms with Gasteiger partial charge in [-0.05, 0) is 31.0 Å². The molecule has 3 nitrogen and oxygen atoms in total. The molecule has 0 saturated heterocycles. The van der Waals surface area contributed by atoms with Crippen LogP contribution in [0.15, 0.2) is 24.3 Å². The molecule has 90 valence electrons. The van der Waals surface area contributed by atoms with Gasteiger partial charge in [0.05, 0.1) is 11.6 Å². The molecule has 4 heteroatoms. The lowest BCUT2D eigenvalue weighted by Crippen LogP contribution is -2.34. The van der Waals surface area contributed by atoms with Crippen molar-refractivity contribution in [1.82, 2.24) is 5.32 Å². The minimum absolute atomic E-state index is 0.0886. The van der Waals surface area contributed by atoms with Gasteiger partial charge < -0.3 is 5.32 Å². The summed E-state index contributed by atoms with van der Waals surface area (Å²) in [6.45, 7) is 2.00. The van der Waals surface area contributed by atoms with E-state index in [1.807, 2.05) is 13.0 Å². The third kappa shape index (κ3) is 4.08. The first-order valence-corrected chi connectivity index (χ1v) is 6.11. The van der Waals surface area contributed by atoms with Crippen LogP contribution in [-0.4, -0.2) is 17.8 Å². The van der Waals surface area contributed by atoms with Crippen LogP contribution in [0, 0.1) is 11.3 Å². The largest absolute Gasteiger partial charge is 0.349 e. The van der Waals surface area contributed by atoms with E-state index in [1.165, 1.54) is 0 Å². The molecule has 0 bridgehead atoms. The highest BCUT2D eigenvalue weighted by Gasteiger charge is 2.11. The first kappa shape index (κ1) is 13.5. The van der Waals surface area contributed by atoms with Crippen molar-refractivity contribution in [3.8, 4) is 6.07 Å². The van der Waals surface area contributed by atoms with Crippen molar-refractivity contribution >= 4 is 17.5 Å². The number of carbonyl (C=O) groups excluding carboxylic acids is 1. The molecule has 0 saturated carbocycles. The SMILES string of the molecule is CCC(CCCl)NC(=O)c1cccc(C#N)c1. The Hall–Kier alpha value is -1.53. The van der Waals surface area contributed by atoms with Gasteiger partial charge in [-0.2, -0.15) is 5.26 Å². The number of carbonyl (C=O) groups is 1. The van der Waals surface area contributed by atoms with Gasteiger partial charge in [-0.3, -0.25) is 4.79 Å². The Morgan fingerprint density at radius 2 is 2.35 bits per heavy atom. The number of amides is 1. The fraction of sp³-hybridized carbons (Fsp3) is 0.385. The van der Waals surface area contributed by atoms with E-state index in [1.54, 1.807) is 24.3 Å². The smallest absolute Gasteiger partial charge is 0.251 e. The van der Waals surface area contributed by atoms with E-state index in [-0.39, 0.29) is 11.9 Å². The minimum Gasteiger partial charge on any atom is -0.349 e. The van der Waals surface area contributed by atoms with Gasteiger partial charge in [0.25, 0.3) is 5.91 Å². The molecule has 0 aromatic heterocycles. The van der Waals surface area contributed by atoms with Crippen LogP contribution in [0.1, 0.15) is 35.7 Å². The van der Waals surface area contributed by atoms with Gasteiger partial charge in [0, 0.05) is 17.5 Å². The molecule has 1 aromatic carbocycles. The van der Waals surface area contributed by atoms with Gasteiger partial charge in [-0.25, -0.2) is 0 Å². The lowest BCUT2D eigenvalue weighted by molar-refractivity contribution is 0.0935. The molecule has 1 atom stereocenters. The average Bonchev–Trinajstić information content (AvgIpc) is 2.38. The van der Waals surface area contributed by atoms with Crippen LogP contribution in [-0.2, 0) is 0 Å². The van der Waals surface area contributed by atoms with E-state index in [0.717, 1.165) is 12.8 Å². The predicted octanol–water partition coefficient (Wildman–Crippen LogP) is 2.70. The first-order valence-electron chi connectivity index (χ1n) is 5.58. The maximum absolute atomic E-state index is 11.9. The van der Waals surface area contributed by atoms with Gasteiger partial charge in [0.1, 0.15) is 0 Å². The second-order valence-electron chi connectivity index (χ2n) is 3.75. The highest BCUT2D eigenvalue weighted by molar-refractivity contribution is 6.17. The lowest BCUT2D eigenvalue weighted by atomic mass is 10.1. The van der Waals surface area contributed by atoms with E-state index in [0.29, 0.717) is 17.0 Å². The van der Waals surface area contributed by atoms with Crippen LogP contribution in [0.2, 0.25) is 0 Å². The summed E-state index contributed by atoms with van der Waals surface area (Å²) >= 11 is 5.66. The molecule has 17 heavy (non-hydrogen) atoms. The van der Waals surface area contributed by atoms with Crippen LogP contribution in [0.3, 0.4) is 0 Å². The van der Waals surface area contributed by atoms with Gasteiger partial charge in [0.2, 0.25) is 0 Å². The number of benzene rings is 1. The monoisotopic (exact) mass is 250 g/mol. The van der Waals surface area contributed by atoms with Crippen molar-refractivity contribution in [2.75, 3.05) is 5.88 Å². The molecule has 0 radical (unpaired) electrons. The standard InChI is InChI=1S/C13H15ClN2O/c1-2-12(6-7-14)16-13(17)11-5-3-4-10(8-11)9-15/h3-5,8,12H,2,6-7H2,1H3,(H,16,17). The molecule has 0 aliphatic heterocycles. The Kier molecular flexibility index (Phi) is 5.51. The van der Waals surface area contributed by atoms with Crippen molar-refractivity contribution < 1.29 is 4.79 Å². The summed E-state index contributed by atoms with van der Waals surface area (Å²) in [6, 6.07) is 8.76. The Bertz CT molecular complexity index is 426. The van der Waals surface area contributed by atoms with Crippen molar-refractivity contribution in [3.63, 3.8) is 0 Å². The molecule has 1 amide bonds. The lowest BCUT2D eigenvalue weighted by Gasteiger charge is -2.15. The molecular formula is C13H15ClN2O. The van der Waals surface area contributed by atoms with E-state index in [4.69, 9.17) is 16.9 Å². The molecule has 1 unspecified atom stereocenters. The molecular weight excluding hydrogens is 236 g/mol. The molecule has 1 rings (SSSR count). The molecule has 0 aliphatic carbocycles. The fourth-order valence-electron chi connectivity index (χ4n) is 1.51. The summed E-state index contributed by atoms with van der Waals surface area (Å²) in [5.41, 5.74) is 1.00. The zero-order valence-corrected chi connectivity index (χ0v) is 10.5. The summed E-state index contributed by atoms with van der Waals surface area (Å²) in [6.07, 6.45) is 1.60. The fourth-order valence-corrected chi connectivity index (χ4v) is 1.77. The van der Waals surface area contributed by atoms with Crippen molar-refractivity contribution in [2.45, 2.75) is 25.8 Å². The first-order chi connectivity index (χ1) is 8.21. The maximum Gasteiger partial charge on any atom is 0.251 e. The highest BCUT2D eigenvalue weighted by atomic mass is 35.5.